The van der Waals surface area contributed by atoms with Crippen LogP contribution in [0.3, 0.4) is 0 Å². The summed E-state index contributed by atoms with van der Waals surface area (Å²) in [6, 6.07) is 35.1. The zero-order valence-corrected chi connectivity index (χ0v) is 21.6. The third-order valence-electron chi connectivity index (χ3n) is 7.36. The fraction of sp³-hybridized carbons (Fsp3) is 0.0811. The van der Waals surface area contributed by atoms with Crippen LogP contribution in [0.1, 0.15) is 47.2 Å². The molecule has 4 aromatic rings. The molecule has 0 radical (unpaired) electrons. The second kappa shape index (κ2) is 10.3. The average Bonchev–Trinajstić information content (AvgIpc) is 3.23. The fourth-order valence-electron chi connectivity index (χ4n) is 5.91. The molecule has 0 heteroatoms. The first-order valence-corrected chi connectivity index (χ1v) is 12.8. The minimum absolute atomic E-state index is 0.472. The van der Waals surface area contributed by atoms with E-state index in [-0.39, 0.29) is 0 Å². The van der Waals surface area contributed by atoms with Gasteiger partial charge in [-0.05, 0) is 75.6 Å². The molecular formula is C37H32. The predicted molar refractivity (Wildman–Crippen MR) is 161 cm³/mol. The van der Waals surface area contributed by atoms with Gasteiger partial charge in [0.1, 0.15) is 0 Å². The molecule has 0 unspecified atom stereocenters. The number of allylic oxidation sites excluding steroid dienone is 6. The first-order chi connectivity index (χ1) is 18.2. The molecule has 5 rings (SSSR count). The molecule has 0 nitrogen and oxygen atoms in total. The molecule has 4 aromatic carbocycles. The van der Waals surface area contributed by atoms with Crippen LogP contribution in [0.5, 0.6) is 0 Å². The van der Waals surface area contributed by atoms with Crippen molar-refractivity contribution in [2.75, 3.05) is 0 Å². The second-order valence-electron chi connectivity index (χ2n) is 9.29. The zero-order valence-electron chi connectivity index (χ0n) is 21.6. The van der Waals surface area contributed by atoms with Gasteiger partial charge in [0, 0.05) is 0 Å². The lowest BCUT2D eigenvalue weighted by atomic mass is 9.66. The summed E-state index contributed by atoms with van der Waals surface area (Å²) in [6.07, 6.45) is 12.6. The third-order valence-corrected chi connectivity index (χ3v) is 7.36. The van der Waals surface area contributed by atoms with Gasteiger partial charge in [0.05, 0.1) is 5.41 Å². The Bertz CT molecular complexity index is 1500. The molecule has 1 aliphatic rings. The molecule has 0 aromatic heterocycles. The predicted octanol–water partition coefficient (Wildman–Crippen LogP) is 9.89. The highest BCUT2D eigenvalue weighted by Gasteiger charge is 2.46. The monoisotopic (exact) mass is 476 g/mol. The topological polar surface area (TPSA) is 0 Å². The van der Waals surface area contributed by atoms with Crippen LogP contribution in [0.25, 0.3) is 28.9 Å². The summed E-state index contributed by atoms with van der Waals surface area (Å²) in [4.78, 5) is 0. The summed E-state index contributed by atoms with van der Waals surface area (Å²) in [5.41, 5.74) is 11.6. The number of rotatable bonds is 7. The normalized spacial score (nSPS) is 14.3. The van der Waals surface area contributed by atoms with E-state index in [2.05, 4.69) is 148 Å². The van der Waals surface area contributed by atoms with Crippen LogP contribution < -0.4 is 0 Å². The van der Waals surface area contributed by atoms with Gasteiger partial charge < -0.3 is 0 Å². The maximum absolute atomic E-state index is 4.33. The highest BCUT2D eigenvalue weighted by Crippen LogP contribution is 2.56. The van der Waals surface area contributed by atoms with Gasteiger partial charge in [0.15, 0.2) is 0 Å². The van der Waals surface area contributed by atoms with Gasteiger partial charge in [0.25, 0.3) is 0 Å². The molecule has 0 N–H and O–H groups in total. The van der Waals surface area contributed by atoms with E-state index >= 15 is 0 Å². The van der Waals surface area contributed by atoms with E-state index in [4.69, 9.17) is 0 Å². The molecule has 0 heterocycles. The summed E-state index contributed by atoms with van der Waals surface area (Å²) in [5, 5.41) is 0. The van der Waals surface area contributed by atoms with E-state index in [1.807, 2.05) is 13.0 Å². The summed E-state index contributed by atoms with van der Waals surface area (Å²) >= 11 is 0. The van der Waals surface area contributed by atoms with Crippen molar-refractivity contribution < 1.29 is 0 Å². The molecule has 0 saturated carbocycles. The molecular weight excluding hydrogens is 444 g/mol. The van der Waals surface area contributed by atoms with Gasteiger partial charge in [-0.25, -0.2) is 0 Å². The van der Waals surface area contributed by atoms with Crippen LogP contribution in [-0.4, -0.2) is 0 Å². The van der Waals surface area contributed by atoms with Crippen molar-refractivity contribution in [1.29, 1.82) is 0 Å². The molecule has 37 heavy (non-hydrogen) atoms. The van der Waals surface area contributed by atoms with Gasteiger partial charge in [0.2, 0.25) is 0 Å². The first kappa shape index (κ1) is 24.3. The lowest BCUT2D eigenvalue weighted by Crippen LogP contribution is -2.29. The maximum atomic E-state index is 4.33. The molecule has 0 saturated heterocycles. The van der Waals surface area contributed by atoms with Crippen molar-refractivity contribution in [3.63, 3.8) is 0 Å². The van der Waals surface area contributed by atoms with E-state index in [0.29, 0.717) is 0 Å². The molecule has 1 aliphatic carbocycles. The van der Waals surface area contributed by atoms with E-state index in [0.717, 1.165) is 5.56 Å². The highest BCUT2D eigenvalue weighted by atomic mass is 14.5. The summed E-state index contributed by atoms with van der Waals surface area (Å²) in [7, 11) is 0. The number of fused-ring (bicyclic) bond motifs is 1. The van der Waals surface area contributed by atoms with Gasteiger partial charge >= 0.3 is 0 Å². The van der Waals surface area contributed by atoms with Crippen molar-refractivity contribution in [3.05, 3.63) is 173 Å². The van der Waals surface area contributed by atoms with Crippen molar-refractivity contribution >= 4 is 17.7 Å². The lowest BCUT2D eigenvalue weighted by molar-refractivity contribution is 0.762. The highest BCUT2D eigenvalue weighted by molar-refractivity contribution is 5.93. The molecule has 0 atom stereocenters. The lowest BCUT2D eigenvalue weighted by Gasteiger charge is -2.35. The van der Waals surface area contributed by atoms with E-state index < -0.39 is 5.41 Å². The molecule has 0 amide bonds. The molecule has 0 aliphatic heterocycles. The smallest absolute Gasteiger partial charge is 0.0713 e. The molecule has 0 bridgehead atoms. The Kier molecular flexibility index (Phi) is 6.75. The minimum atomic E-state index is -0.472. The van der Waals surface area contributed by atoms with Gasteiger partial charge in [-0.15, -0.1) is 0 Å². The first-order valence-electron chi connectivity index (χ1n) is 12.8. The van der Waals surface area contributed by atoms with Crippen molar-refractivity contribution in [2.45, 2.75) is 19.3 Å². The SMILES string of the molecule is C=CC1=C(/C=C\C)c2ccc(-c3cccc(/C=C\C)c3C=C)cc2C1(c1ccccc1)c1ccccc1. The second-order valence-corrected chi connectivity index (χ2v) is 9.29. The van der Waals surface area contributed by atoms with Gasteiger partial charge in [-0.1, -0.05) is 141 Å². The minimum Gasteiger partial charge on any atom is -0.0987 e. The molecule has 0 spiro atoms. The third kappa shape index (κ3) is 3.86. The van der Waals surface area contributed by atoms with Crippen molar-refractivity contribution in [2.24, 2.45) is 0 Å². The Hall–Kier alpha value is -4.42. The Morgan fingerprint density at radius 1 is 0.622 bits per heavy atom. The summed E-state index contributed by atoms with van der Waals surface area (Å²) in [6.45, 7) is 12.6. The van der Waals surface area contributed by atoms with Crippen molar-refractivity contribution in [3.8, 4) is 11.1 Å². The Morgan fingerprint density at radius 2 is 1.27 bits per heavy atom. The molecule has 0 fully saturated rings. The van der Waals surface area contributed by atoms with Crippen LogP contribution in [0, 0.1) is 0 Å². The van der Waals surface area contributed by atoms with Crippen LogP contribution in [0.15, 0.2) is 140 Å². The number of hydrogen-bond donors (Lipinski definition) is 0. The maximum Gasteiger partial charge on any atom is 0.0713 e. The summed E-state index contributed by atoms with van der Waals surface area (Å²) in [5.74, 6) is 0. The van der Waals surface area contributed by atoms with E-state index in [1.165, 1.54) is 50.1 Å². The quantitative estimate of drug-likeness (QED) is 0.249. The van der Waals surface area contributed by atoms with Crippen molar-refractivity contribution in [1.82, 2.24) is 0 Å². The fourth-order valence-corrected chi connectivity index (χ4v) is 5.91. The largest absolute Gasteiger partial charge is 0.0987 e. The Balaban J connectivity index is 1.90. The Labute approximate surface area is 221 Å². The van der Waals surface area contributed by atoms with Crippen LogP contribution in [-0.2, 0) is 5.41 Å². The van der Waals surface area contributed by atoms with Crippen LogP contribution >= 0.6 is 0 Å². The van der Waals surface area contributed by atoms with Crippen LogP contribution in [0.2, 0.25) is 0 Å². The summed E-state index contributed by atoms with van der Waals surface area (Å²) < 4.78 is 0. The molecule has 180 valence electrons. The van der Waals surface area contributed by atoms with Gasteiger partial charge in [-0.3, -0.25) is 0 Å². The van der Waals surface area contributed by atoms with E-state index in [1.54, 1.807) is 0 Å². The van der Waals surface area contributed by atoms with Gasteiger partial charge in [-0.2, -0.15) is 0 Å². The number of benzene rings is 4. The zero-order chi connectivity index (χ0) is 25.8. The standard InChI is InChI=1S/C37H32/c1-5-16-27-18-15-23-32(31(27)7-3)28-24-25-34-33(17-6-2)35(8-4)37(36(34)26-28,29-19-11-9-12-20-29)30-21-13-10-14-22-30/h5-26H,3-4H2,1-2H3/b16-5-,17-6-. The Morgan fingerprint density at radius 3 is 1.84 bits per heavy atom. The number of hydrogen-bond acceptors (Lipinski definition) is 0. The average molecular weight is 477 g/mol. The van der Waals surface area contributed by atoms with Crippen LogP contribution in [0.4, 0.5) is 0 Å². The van der Waals surface area contributed by atoms with E-state index in [9.17, 15) is 0 Å².